The first-order valence-electron chi connectivity index (χ1n) is 4.39. The van der Waals surface area contributed by atoms with Gasteiger partial charge in [0.25, 0.3) is 0 Å². The van der Waals surface area contributed by atoms with Gasteiger partial charge in [0.1, 0.15) is 0 Å². The normalized spacial score (nSPS) is 12.0. The van der Waals surface area contributed by atoms with Gasteiger partial charge in [-0.2, -0.15) is 0 Å². The summed E-state index contributed by atoms with van der Waals surface area (Å²) < 4.78 is 5.21. The fourth-order valence-electron chi connectivity index (χ4n) is 0.782. The lowest BCUT2D eigenvalue weighted by molar-refractivity contribution is 0.143. The molecule has 11 heavy (non-hydrogen) atoms. The first-order chi connectivity index (χ1) is 5.06. The highest BCUT2D eigenvalue weighted by Crippen LogP contribution is 1.97. The molecule has 0 bridgehead atoms. The van der Waals surface area contributed by atoms with E-state index in [0.29, 0.717) is 0 Å². The summed E-state index contributed by atoms with van der Waals surface area (Å²) in [6, 6.07) is 0. The molecule has 0 aliphatic rings. The van der Waals surface area contributed by atoms with Gasteiger partial charge < -0.3 is 10.1 Å². The second-order valence-corrected chi connectivity index (χ2v) is 3.73. The Bertz CT molecular complexity index is 86.1. The number of nitrogens with one attached hydrogen (secondary N) is 1. The van der Waals surface area contributed by atoms with Crippen molar-refractivity contribution in [1.82, 2.24) is 5.32 Å². The van der Waals surface area contributed by atoms with E-state index in [1.165, 1.54) is 0 Å². The van der Waals surface area contributed by atoms with Gasteiger partial charge >= 0.3 is 0 Å². The number of hydrogen-bond donors (Lipinski definition) is 1. The van der Waals surface area contributed by atoms with Gasteiger partial charge in [0.2, 0.25) is 0 Å². The molecule has 0 aromatic rings. The van der Waals surface area contributed by atoms with Crippen molar-refractivity contribution in [3.05, 3.63) is 0 Å². The van der Waals surface area contributed by atoms with Gasteiger partial charge in [0.05, 0.1) is 0 Å². The van der Waals surface area contributed by atoms with Crippen LogP contribution in [0.15, 0.2) is 0 Å². The van der Waals surface area contributed by atoms with Crippen LogP contribution in [0.2, 0.25) is 0 Å². The molecule has 2 nitrogen and oxygen atoms in total. The summed E-state index contributed by atoms with van der Waals surface area (Å²) in [4.78, 5) is 0. The third kappa shape index (κ3) is 9.92. The minimum Gasteiger partial charge on any atom is -0.382 e. The fourth-order valence-corrected chi connectivity index (χ4v) is 0.782. The first-order valence-corrected chi connectivity index (χ1v) is 4.39. The van der Waals surface area contributed by atoms with Crippen molar-refractivity contribution >= 4 is 0 Å². The molecule has 0 saturated heterocycles. The summed E-state index contributed by atoms with van der Waals surface area (Å²) in [5, 5.41) is 3.40. The van der Waals surface area contributed by atoms with Crippen molar-refractivity contribution in [3.8, 4) is 0 Å². The van der Waals surface area contributed by atoms with E-state index < -0.39 is 0 Å². The van der Waals surface area contributed by atoms with E-state index in [0.717, 1.165) is 26.2 Å². The highest BCUT2D eigenvalue weighted by atomic mass is 16.5. The van der Waals surface area contributed by atoms with Gasteiger partial charge in [0.15, 0.2) is 0 Å². The highest BCUT2D eigenvalue weighted by Gasteiger charge is 2.06. The topological polar surface area (TPSA) is 21.3 Å². The zero-order valence-corrected chi connectivity index (χ0v) is 8.24. The van der Waals surface area contributed by atoms with Crippen LogP contribution >= 0.6 is 0 Å². The maximum absolute atomic E-state index is 5.21. The molecule has 0 aliphatic carbocycles. The fraction of sp³-hybridized carbons (Fsp3) is 1.00. The second kappa shape index (κ2) is 5.56. The minimum absolute atomic E-state index is 0.242. The molecule has 0 atom stereocenters. The molecule has 0 heterocycles. The Morgan fingerprint density at radius 2 is 1.91 bits per heavy atom. The Morgan fingerprint density at radius 3 is 2.36 bits per heavy atom. The van der Waals surface area contributed by atoms with Crippen LogP contribution in [0.4, 0.5) is 0 Å². The Kier molecular flexibility index (Phi) is 5.51. The average Bonchev–Trinajstić information content (AvgIpc) is 1.85. The van der Waals surface area contributed by atoms with Crippen molar-refractivity contribution in [2.75, 3.05) is 19.8 Å². The SMILES string of the molecule is CCOCCCNC(C)(C)C. The van der Waals surface area contributed by atoms with Gasteiger partial charge in [-0.15, -0.1) is 0 Å². The first kappa shape index (κ1) is 10.9. The van der Waals surface area contributed by atoms with Gasteiger partial charge in [0, 0.05) is 18.8 Å². The molecule has 0 radical (unpaired) electrons. The van der Waals surface area contributed by atoms with Crippen LogP contribution in [-0.2, 0) is 4.74 Å². The van der Waals surface area contributed by atoms with E-state index in [4.69, 9.17) is 4.74 Å². The van der Waals surface area contributed by atoms with E-state index in [2.05, 4.69) is 26.1 Å². The Morgan fingerprint density at radius 1 is 1.27 bits per heavy atom. The monoisotopic (exact) mass is 159 g/mol. The quantitative estimate of drug-likeness (QED) is 0.618. The molecule has 1 N–H and O–H groups in total. The zero-order chi connectivity index (χ0) is 8.74. The molecular weight excluding hydrogens is 138 g/mol. The predicted octanol–water partition coefficient (Wildman–Crippen LogP) is 1.80. The second-order valence-electron chi connectivity index (χ2n) is 3.73. The summed E-state index contributed by atoms with van der Waals surface area (Å²) in [7, 11) is 0. The van der Waals surface area contributed by atoms with Crippen LogP contribution in [0.3, 0.4) is 0 Å². The summed E-state index contributed by atoms with van der Waals surface area (Å²) in [6.45, 7) is 11.3. The zero-order valence-electron chi connectivity index (χ0n) is 8.24. The van der Waals surface area contributed by atoms with Crippen molar-refractivity contribution in [3.63, 3.8) is 0 Å². The number of rotatable bonds is 5. The minimum atomic E-state index is 0.242. The van der Waals surface area contributed by atoms with Gasteiger partial charge in [-0.3, -0.25) is 0 Å². The summed E-state index contributed by atoms with van der Waals surface area (Å²) in [6.07, 6.45) is 1.10. The molecule has 0 fully saturated rings. The van der Waals surface area contributed by atoms with Crippen LogP contribution in [-0.4, -0.2) is 25.3 Å². The van der Waals surface area contributed by atoms with E-state index >= 15 is 0 Å². The highest BCUT2D eigenvalue weighted by molar-refractivity contribution is 4.69. The number of hydrogen-bond acceptors (Lipinski definition) is 2. The summed E-state index contributed by atoms with van der Waals surface area (Å²) >= 11 is 0. The van der Waals surface area contributed by atoms with Crippen LogP contribution in [0, 0.1) is 0 Å². The molecular formula is C9H21NO. The maximum Gasteiger partial charge on any atom is 0.0477 e. The molecule has 0 unspecified atom stereocenters. The molecule has 0 spiro atoms. The van der Waals surface area contributed by atoms with E-state index in [1.54, 1.807) is 0 Å². The molecule has 68 valence electrons. The lowest BCUT2D eigenvalue weighted by Gasteiger charge is -2.20. The van der Waals surface area contributed by atoms with E-state index in [-0.39, 0.29) is 5.54 Å². The van der Waals surface area contributed by atoms with Crippen molar-refractivity contribution in [1.29, 1.82) is 0 Å². The van der Waals surface area contributed by atoms with Gasteiger partial charge in [-0.1, -0.05) is 0 Å². The van der Waals surface area contributed by atoms with Gasteiger partial charge in [-0.25, -0.2) is 0 Å². The van der Waals surface area contributed by atoms with Gasteiger partial charge in [-0.05, 0) is 40.7 Å². The van der Waals surface area contributed by atoms with Crippen molar-refractivity contribution < 1.29 is 4.74 Å². The van der Waals surface area contributed by atoms with Crippen LogP contribution in [0.25, 0.3) is 0 Å². The predicted molar refractivity (Wildman–Crippen MR) is 48.9 cm³/mol. The smallest absolute Gasteiger partial charge is 0.0477 e. The van der Waals surface area contributed by atoms with Crippen molar-refractivity contribution in [2.45, 2.75) is 39.7 Å². The van der Waals surface area contributed by atoms with Crippen LogP contribution in [0.1, 0.15) is 34.1 Å². The maximum atomic E-state index is 5.21. The van der Waals surface area contributed by atoms with E-state index in [1.807, 2.05) is 6.92 Å². The lowest BCUT2D eigenvalue weighted by atomic mass is 10.1. The molecule has 0 rings (SSSR count). The van der Waals surface area contributed by atoms with Crippen molar-refractivity contribution in [2.24, 2.45) is 0 Å². The van der Waals surface area contributed by atoms with Crippen LogP contribution < -0.4 is 5.32 Å². The molecule has 2 heteroatoms. The third-order valence-electron chi connectivity index (χ3n) is 1.32. The number of ether oxygens (including phenoxy) is 1. The lowest BCUT2D eigenvalue weighted by Crippen LogP contribution is -2.36. The van der Waals surface area contributed by atoms with Crippen LogP contribution in [0.5, 0.6) is 0 Å². The molecule has 0 aliphatic heterocycles. The molecule has 0 aromatic carbocycles. The molecule has 0 aromatic heterocycles. The largest absolute Gasteiger partial charge is 0.382 e. The Hall–Kier alpha value is -0.0800. The Balaban J connectivity index is 3.02. The summed E-state index contributed by atoms with van der Waals surface area (Å²) in [5.74, 6) is 0. The molecule has 0 saturated carbocycles. The summed E-state index contributed by atoms with van der Waals surface area (Å²) in [5.41, 5.74) is 0.242. The average molecular weight is 159 g/mol. The third-order valence-corrected chi connectivity index (χ3v) is 1.32. The standard InChI is InChI=1S/C9H21NO/c1-5-11-8-6-7-10-9(2,3)4/h10H,5-8H2,1-4H3. The Labute approximate surface area is 70.3 Å². The van der Waals surface area contributed by atoms with E-state index in [9.17, 15) is 0 Å². The molecule has 0 amide bonds.